The maximum atomic E-state index is 12.4. The Morgan fingerprint density at radius 3 is 2.44 bits per heavy atom. The van der Waals surface area contributed by atoms with Gasteiger partial charge in [0.15, 0.2) is 0 Å². The molecule has 4 aromatic rings. The second kappa shape index (κ2) is 11.7. The highest BCUT2D eigenvalue weighted by Gasteiger charge is 2.40. The summed E-state index contributed by atoms with van der Waals surface area (Å²) < 4.78 is 22.0. The van der Waals surface area contributed by atoms with Gasteiger partial charge >= 0.3 is 17.6 Å². The Hall–Kier alpha value is -4.85. The number of carboxylic acids is 1. The second-order valence-corrected chi connectivity index (χ2v) is 9.34. The van der Waals surface area contributed by atoms with Crippen molar-refractivity contribution in [3.8, 4) is 11.5 Å². The van der Waals surface area contributed by atoms with Crippen LogP contribution < -0.4 is 15.1 Å². The molecule has 0 aliphatic carbocycles. The second-order valence-electron chi connectivity index (χ2n) is 9.34. The van der Waals surface area contributed by atoms with E-state index in [1.165, 1.54) is 12.1 Å². The number of hydrogen-bond acceptors (Lipinski definition) is 7. The molecule has 5 rings (SSSR count). The van der Waals surface area contributed by atoms with Crippen molar-refractivity contribution in [1.82, 2.24) is 0 Å². The van der Waals surface area contributed by atoms with E-state index in [-0.39, 0.29) is 12.1 Å². The monoisotopic (exact) mass is 528 g/mol. The molecule has 1 aromatic heterocycles. The third-order valence-electron chi connectivity index (χ3n) is 6.16. The number of para-hydroxylation sites is 1. The number of carboxylic acid groups (broad SMARTS) is 1. The molecular weight excluding hydrogens is 500 g/mol. The van der Waals surface area contributed by atoms with Crippen LogP contribution in [0.5, 0.6) is 11.5 Å². The SMILES string of the molecule is CC(C)(OC(=O)c1ccccc1)C1Cc2cc3ccc(=O)oc3cc2O1.COc1ccccc1C=CC(=O)O. The highest BCUT2D eigenvalue weighted by molar-refractivity contribution is 5.89. The molecule has 200 valence electrons. The van der Waals surface area contributed by atoms with Gasteiger partial charge in [0.05, 0.1) is 12.7 Å². The van der Waals surface area contributed by atoms with E-state index in [1.807, 2.05) is 38.1 Å². The summed E-state index contributed by atoms with van der Waals surface area (Å²) in [4.78, 5) is 34.0. The van der Waals surface area contributed by atoms with Crippen LogP contribution in [0.1, 0.15) is 35.3 Å². The van der Waals surface area contributed by atoms with Gasteiger partial charge in [-0.2, -0.15) is 0 Å². The number of ether oxygens (including phenoxy) is 3. The topological polar surface area (TPSA) is 112 Å². The van der Waals surface area contributed by atoms with Crippen molar-refractivity contribution < 1.29 is 33.3 Å². The normalized spacial score (nSPS) is 14.2. The van der Waals surface area contributed by atoms with Crippen LogP contribution in [0, 0.1) is 0 Å². The van der Waals surface area contributed by atoms with Crippen LogP contribution in [0.25, 0.3) is 17.0 Å². The van der Waals surface area contributed by atoms with Gasteiger partial charge in [0.25, 0.3) is 0 Å². The Morgan fingerprint density at radius 1 is 1.00 bits per heavy atom. The van der Waals surface area contributed by atoms with Crippen molar-refractivity contribution in [3.63, 3.8) is 0 Å². The molecule has 0 fully saturated rings. The van der Waals surface area contributed by atoms with Crippen LogP contribution in [-0.2, 0) is 16.0 Å². The molecule has 0 bridgehead atoms. The maximum Gasteiger partial charge on any atom is 0.338 e. The molecule has 2 heterocycles. The summed E-state index contributed by atoms with van der Waals surface area (Å²) in [6, 6.07) is 22.9. The zero-order valence-corrected chi connectivity index (χ0v) is 21.7. The van der Waals surface area contributed by atoms with Gasteiger partial charge in [0.1, 0.15) is 28.8 Å². The van der Waals surface area contributed by atoms with Gasteiger partial charge in [-0.25, -0.2) is 14.4 Å². The van der Waals surface area contributed by atoms with E-state index >= 15 is 0 Å². The van der Waals surface area contributed by atoms with Gasteiger partial charge in [-0.05, 0) is 55.8 Å². The van der Waals surface area contributed by atoms with E-state index in [9.17, 15) is 14.4 Å². The van der Waals surface area contributed by atoms with Gasteiger partial charge in [-0.3, -0.25) is 0 Å². The average Bonchev–Trinajstić information content (AvgIpc) is 3.35. The van der Waals surface area contributed by atoms with Crippen molar-refractivity contribution in [2.45, 2.75) is 32.0 Å². The number of esters is 1. The smallest absolute Gasteiger partial charge is 0.338 e. The highest BCUT2D eigenvalue weighted by atomic mass is 16.6. The predicted octanol–water partition coefficient (Wildman–Crippen LogP) is 5.53. The van der Waals surface area contributed by atoms with Gasteiger partial charge in [-0.1, -0.05) is 36.4 Å². The number of aliphatic carboxylic acids is 1. The van der Waals surface area contributed by atoms with Crippen LogP contribution in [-0.4, -0.2) is 35.9 Å². The first-order chi connectivity index (χ1) is 18.7. The fourth-order valence-electron chi connectivity index (χ4n) is 4.10. The van der Waals surface area contributed by atoms with Crippen LogP contribution in [0.2, 0.25) is 0 Å². The van der Waals surface area contributed by atoms with Crippen LogP contribution in [0.4, 0.5) is 0 Å². The molecule has 8 nitrogen and oxygen atoms in total. The lowest BCUT2D eigenvalue weighted by atomic mass is 9.96. The average molecular weight is 529 g/mol. The molecule has 0 radical (unpaired) electrons. The third-order valence-corrected chi connectivity index (χ3v) is 6.16. The molecule has 3 aromatic carbocycles. The van der Waals surface area contributed by atoms with Gasteiger partial charge in [0.2, 0.25) is 0 Å². The molecule has 0 spiro atoms. The van der Waals surface area contributed by atoms with E-state index < -0.39 is 17.2 Å². The van der Waals surface area contributed by atoms with Gasteiger partial charge in [0, 0.05) is 35.6 Å². The molecule has 8 heteroatoms. The van der Waals surface area contributed by atoms with Gasteiger partial charge in [-0.15, -0.1) is 0 Å². The molecule has 1 N–H and O–H groups in total. The number of fused-ring (bicyclic) bond motifs is 2. The Kier molecular flexibility index (Phi) is 8.15. The van der Waals surface area contributed by atoms with Crippen molar-refractivity contribution in [2.24, 2.45) is 0 Å². The number of carbonyl (C=O) groups excluding carboxylic acids is 1. The zero-order valence-electron chi connectivity index (χ0n) is 21.7. The Bertz CT molecular complexity index is 1570. The lowest BCUT2D eigenvalue weighted by molar-refractivity contribution is -0.131. The fraction of sp³-hybridized carbons (Fsp3) is 0.194. The molecule has 1 aliphatic rings. The van der Waals surface area contributed by atoms with Crippen LogP contribution in [0.3, 0.4) is 0 Å². The summed E-state index contributed by atoms with van der Waals surface area (Å²) >= 11 is 0. The molecule has 39 heavy (non-hydrogen) atoms. The zero-order chi connectivity index (χ0) is 28.0. The third kappa shape index (κ3) is 6.73. The largest absolute Gasteiger partial charge is 0.496 e. The Morgan fingerprint density at radius 2 is 1.72 bits per heavy atom. The molecule has 0 saturated heterocycles. The minimum absolute atomic E-state index is 0.325. The van der Waals surface area contributed by atoms with E-state index in [0.29, 0.717) is 29.1 Å². The first kappa shape index (κ1) is 27.2. The minimum Gasteiger partial charge on any atom is -0.496 e. The number of benzene rings is 3. The molecule has 0 saturated carbocycles. The summed E-state index contributed by atoms with van der Waals surface area (Å²) in [5.74, 6) is -0.0297. The number of methoxy groups -OCH3 is 1. The highest BCUT2D eigenvalue weighted by Crippen LogP contribution is 2.37. The summed E-state index contributed by atoms with van der Waals surface area (Å²) in [6.45, 7) is 3.68. The fourth-order valence-corrected chi connectivity index (χ4v) is 4.10. The van der Waals surface area contributed by atoms with Crippen molar-refractivity contribution in [3.05, 3.63) is 112 Å². The molecule has 1 unspecified atom stereocenters. The summed E-state index contributed by atoms with van der Waals surface area (Å²) in [7, 11) is 1.55. The van der Waals surface area contributed by atoms with Crippen LogP contribution in [0.15, 0.2) is 94.2 Å². The summed E-state index contributed by atoms with van der Waals surface area (Å²) in [6.07, 6.45) is 2.87. The predicted molar refractivity (Wildman–Crippen MR) is 146 cm³/mol. The lowest BCUT2D eigenvalue weighted by Crippen LogP contribution is -2.43. The molecule has 1 aliphatic heterocycles. The number of hydrogen-bond donors (Lipinski definition) is 1. The first-order valence-corrected chi connectivity index (χ1v) is 12.2. The van der Waals surface area contributed by atoms with E-state index in [1.54, 1.807) is 55.6 Å². The van der Waals surface area contributed by atoms with Crippen molar-refractivity contribution in [2.75, 3.05) is 7.11 Å². The number of rotatable bonds is 6. The van der Waals surface area contributed by atoms with Crippen LogP contribution >= 0.6 is 0 Å². The Balaban J connectivity index is 0.000000229. The van der Waals surface area contributed by atoms with E-state index in [2.05, 4.69) is 0 Å². The molecular formula is C31H28O8. The Labute approximate surface area is 225 Å². The molecule has 0 amide bonds. The minimum atomic E-state index is -0.967. The first-order valence-electron chi connectivity index (χ1n) is 12.2. The molecule has 1 atom stereocenters. The van der Waals surface area contributed by atoms with E-state index in [4.69, 9.17) is 23.7 Å². The quantitative estimate of drug-likeness (QED) is 0.198. The van der Waals surface area contributed by atoms with Gasteiger partial charge < -0.3 is 23.7 Å². The summed E-state index contributed by atoms with van der Waals surface area (Å²) in [5.41, 5.74) is 1.52. The van der Waals surface area contributed by atoms with Crippen molar-refractivity contribution in [1.29, 1.82) is 0 Å². The summed E-state index contributed by atoms with van der Waals surface area (Å²) in [5, 5.41) is 9.25. The maximum absolute atomic E-state index is 12.4. The van der Waals surface area contributed by atoms with E-state index in [0.717, 1.165) is 22.6 Å². The van der Waals surface area contributed by atoms with Crippen molar-refractivity contribution >= 4 is 29.0 Å². The lowest BCUT2D eigenvalue weighted by Gasteiger charge is -2.30. The standard InChI is InChI=1S/C21H18O5.C10H10O3/c1-21(2,26-20(23)13-6-4-3-5-7-13)18-11-15-10-14-8-9-19(22)25-16(14)12-17(15)24-18;1-13-9-5-3-2-4-8(9)6-7-10(11)12/h3-10,12,18H,11H2,1-2H3;2-7H,1H3,(H,11,12). The number of carbonyl (C=O) groups is 2.